The third-order valence-corrected chi connectivity index (χ3v) is 5.64. The molecule has 38 heavy (non-hydrogen) atoms. The van der Waals surface area contributed by atoms with Crippen molar-refractivity contribution in [1.29, 1.82) is 0 Å². The minimum Gasteiger partial charge on any atom is -0.462 e. The summed E-state index contributed by atoms with van der Waals surface area (Å²) in [6.07, 6.45) is -0.362. The van der Waals surface area contributed by atoms with Gasteiger partial charge in [-0.25, -0.2) is 27.2 Å². The predicted molar refractivity (Wildman–Crippen MR) is 131 cm³/mol. The van der Waals surface area contributed by atoms with E-state index in [1.54, 1.807) is 30.3 Å². The maximum Gasteiger partial charge on any atom is 0.412 e. The van der Waals surface area contributed by atoms with E-state index in [0.29, 0.717) is 16.2 Å². The Morgan fingerprint density at radius 3 is 2.37 bits per heavy atom. The number of rotatable bonds is 6. The fourth-order valence-electron chi connectivity index (χ4n) is 3.62. The van der Waals surface area contributed by atoms with Crippen molar-refractivity contribution in [2.45, 2.75) is 13.5 Å². The summed E-state index contributed by atoms with van der Waals surface area (Å²) in [5, 5.41) is 0.781. The van der Waals surface area contributed by atoms with Gasteiger partial charge in [0, 0.05) is 12.3 Å². The van der Waals surface area contributed by atoms with Crippen LogP contribution in [-0.4, -0.2) is 23.2 Å². The molecule has 0 aliphatic rings. The molecule has 12 heteroatoms. The minimum atomic E-state index is -1.62. The van der Waals surface area contributed by atoms with Crippen LogP contribution in [-0.2, 0) is 16.1 Å². The molecule has 0 radical (unpaired) electrons. The monoisotopic (exact) mass is 548 g/mol. The number of carbonyl (C=O) groups is 2. The molecule has 0 unspecified atom stereocenters. The highest BCUT2D eigenvalue weighted by atomic mass is 35.5. The third kappa shape index (κ3) is 5.18. The van der Waals surface area contributed by atoms with Crippen LogP contribution in [0.15, 0.2) is 59.5 Å². The number of ether oxygens (including phenoxy) is 2. The number of hydrogen-bond donors (Lipinski definition) is 1. The molecule has 1 N–H and O–H groups in total. The van der Waals surface area contributed by atoms with Crippen LogP contribution < -0.4 is 10.7 Å². The molecule has 4 aromatic rings. The smallest absolute Gasteiger partial charge is 0.412 e. The lowest BCUT2D eigenvalue weighted by Crippen LogP contribution is -2.22. The Morgan fingerprint density at radius 1 is 0.974 bits per heavy atom. The molecule has 0 fully saturated rings. The summed E-state index contributed by atoms with van der Waals surface area (Å²) in [7, 11) is 0. The van der Waals surface area contributed by atoms with Crippen LogP contribution in [0.1, 0.15) is 22.8 Å². The number of esters is 1. The van der Waals surface area contributed by atoms with Crippen LogP contribution in [0.3, 0.4) is 0 Å². The highest BCUT2D eigenvalue weighted by Crippen LogP contribution is 2.30. The molecule has 0 saturated carbocycles. The van der Waals surface area contributed by atoms with Crippen LogP contribution in [0, 0.1) is 23.3 Å². The average Bonchev–Trinajstić information content (AvgIpc) is 2.89. The number of halogens is 5. The Bertz CT molecular complexity index is 1630. The van der Waals surface area contributed by atoms with Crippen molar-refractivity contribution in [1.82, 2.24) is 4.57 Å². The van der Waals surface area contributed by atoms with Crippen molar-refractivity contribution in [3.63, 3.8) is 0 Å². The Hall–Kier alpha value is -4.38. The zero-order valence-corrected chi connectivity index (χ0v) is 20.2. The van der Waals surface area contributed by atoms with Gasteiger partial charge in [-0.1, -0.05) is 41.9 Å². The van der Waals surface area contributed by atoms with E-state index in [1.165, 1.54) is 6.92 Å². The standard InChI is InChI=1S/C26H17ClF4N2O5/c1-2-37-25(35)15-11-33(23-14(24(15)34)8-16(27)21(30)22(23)31)20-10-19(17(28)9-18(20)29)32-26(36)38-12-13-6-4-3-5-7-13/h3-11H,2,12H2,1H3,(H,32,36). The van der Waals surface area contributed by atoms with Gasteiger partial charge in [0.1, 0.15) is 23.8 Å². The van der Waals surface area contributed by atoms with E-state index in [9.17, 15) is 23.2 Å². The third-order valence-electron chi connectivity index (χ3n) is 5.37. The summed E-state index contributed by atoms with van der Waals surface area (Å²) >= 11 is 5.70. The SMILES string of the molecule is CCOC(=O)c1cn(-c2cc(NC(=O)OCc3ccccc3)c(F)cc2F)c2c(F)c(F)c(Cl)cc2c1=O. The topological polar surface area (TPSA) is 86.6 Å². The second kappa shape index (κ2) is 10.9. The van der Waals surface area contributed by atoms with Gasteiger partial charge in [0.05, 0.1) is 33.9 Å². The number of pyridine rings is 1. The number of fused-ring (bicyclic) bond motifs is 1. The molecule has 7 nitrogen and oxygen atoms in total. The van der Waals surface area contributed by atoms with Crippen LogP contribution in [0.5, 0.6) is 0 Å². The summed E-state index contributed by atoms with van der Waals surface area (Å²) in [4.78, 5) is 37.6. The van der Waals surface area contributed by atoms with Gasteiger partial charge in [-0.15, -0.1) is 0 Å². The van der Waals surface area contributed by atoms with E-state index < -0.39 is 73.6 Å². The van der Waals surface area contributed by atoms with Crippen molar-refractivity contribution in [2.24, 2.45) is 0 Å². The van der Waals surface area contributed by atoms with E-state index >= 15 is 8.78 Å². The Labute approximate surface area is 217 Å². The highest BCUT2D eigenvalue weighted by Gasteiger charge is 2.25. The van der Waals surface area contributed by atoms with E-state index in [2.05, 4.69) is 5.32 Å². The Kier molecular flexibility index (Phi) is 7.67. The number of amides is 1. The largest absolute Gasteiger partial charge is 0.462 e. The molecule has 0 spiro atoms. The number of aromatic nitrogens is 1. The van der Waals surface area contributed by atoms with Crippen LogP contribution in [0.4, 0.5) is 28.0 Å². The van der Waals surface area contributed by atoms with Crippen molar-refractivity contribution >= 4 is 40.3 Å². The van der Waals surface area contributed by atoms with Gasteiger partial charge >= 0.3 is 12.1 Å². The van der Waals surface area contributed by atoms with Crippen molar-refractivity contribution in [2.75, 3.05) is 11.9 Å². The lowest BCUT2D eigenvalue weighted by molar-refractivity contribution is 0.0524. The molecule has 1 amide bonds. The Morgan fingerprint density at radius 2 is 1.68 bits per heavy atom. The number of nitrogens with one attached hydrogen (secondary N) is 1. The molecule has 0 aliphatic carbocycles. The Balaban J connectivity index is 1.84. The molecule has 0 bridgehead atoms. The van der Waals surface area contributed by atoms with Gasteiger partial charge in [0.25, 0.3) is 0 Å². The van der Waals surface area contributed by atoms with Gasteiger partial charge in [0.15, 0.2) is 11.6 Å². The molecule has 3 aromatic carbocycles. The van der Waals surface area contributed by atoms with E-state index in [-0.39, 0.29) is 13.2 Å². The van der Waals surface area contributed by atoms with Crippen molar-refractivity contribution < 1.29 is 36.6 Å². The van der Waals surface area contributed by atoms with Crippen LogP contribution in [0.2, 0.25) is 5.02 Å². The molecule has 4 rings (SSSR count). The average molecular weight is 549 g/mol. The molecule has 196 valence electrons. The first-order valence-corrected chi connectivity index (χ1v) is 11.4. The number of anilines is 1. The van der Waals surface area contributed by atoms with Gasteiger partial charge in [-0.3, -0.25) is 10.1 Å². The van der Waals surface area contributed by atoms with Gasteiger partial charge < -0.3 is 14.0 Å². The van der Waals surface area contributed by atoms with Crippen molar-refractivity contribution in [3.8, 4) is 5.69 Å². The van der Waals surface area contributed by atoms with E-state index in [0.717, 1.165) is 18.3 Å². The quantitative estimate of drug-likeness (QED) is 0.178. The summed E-state index contributed by atoms with van der Waals surface area (Å²) in [5.41, 5.74) is -3.07. The maximum atomic E-state index is 15.0. The van der Waals surface area contributed by atoms with Crippen LogP contribution in [0.25, 0.3) is 16.6 Å². The first-order valence-electron chi connectivity index (χ1n) is 11.0. The van der Waals surface area contributed by atoms with E-state index in [4.69, 9.17) is 21.1 Å². The molecule has 0 atom stereocenters. The summed E-state index contributed by atoms with van der Waals surface area (Å²) in [6, 6.07) is 10.5. The predicted octanol–water partition coefficient (Wildman–Crippen LogP) is 6.13. The second-order valence-corrected chi connectivity index (χ2v) is 8.22. The van der Waals surface area contributed by atoms with Gasteiger partial charge in [0.2, 0.25) is 5.43 Å². The molecule has 1 aromatic heterocycles. The van der Waals surface area contributed by atoms with Gasteiger partial charge in [-0.05, 0) is 24.6 Å². The zero-order chi connectivity index (χ0) is 27.6. The molecule has 0 aliphatic heterocycles. The summed E-state index contributed by atoms with van der Waals surface area (Å²) < 4.78 is 69.5. The molecular weight excluding hydrogens is 532 g/mol. The van der Waals surface area contributed by atoms with E-state index in [1.807, 2.05) is 0 Å². The molecule has 0 saturated heterocycles. The lowest BCUT2D eigenvalue weighted by atomic mass is 10.1. The minimum absolute atomic E-state index is 0.126. The molecule has 1 heterocycles. The molecular formula is C26H17ClF4N2O5. The normalized spacial score (nSPS) is 10.9. The first-order chi connectivity index (χ1) is 18.1. The van der Waals surface area contributed by atoms with Crippen LogP contribution >= 0.6 is 11.6 Å². The fraction of sp³-hybridized carbons (Fsp3) is 0.115. The lowest BCUT2D eigenvalue weighted by Gasteiger charge is -2.17. The van der Waals surface area contributed by atoms with Crippen molar-refractivity contribution in [3.05, 3.63) is 104 Å². The zero-order valence-electron chi connectivity index (χ0n) is 19.5. The van der Waals surface area contributed by atoms with Gasteiger partial charge in [-0.2, -0.15) is 0 Å². The maximum absolute atomic E-state index is 15.0. The fourth-order valence-corrected chi connectivity index (χ4v) is 3.81. The number of benzene rings is 3. The second-order valence-electron chi connectivity index (χ2n) is 7.82. The first kappa shape index (κ1) is 26.7. The summed E-state index contributed by atoms with van der Waals surface area (Å²) in [5.74, 6) is -6.80. The number of carbonyl (C=O) groups excluding carboxylic acids is 2. The number of hydrogen-bond acceptors (Lipinski definition) is 5. The summed E-state index contributed by atoms with van der Waals surface area (Å²) in [6.45, 7) is 1.19. The highest BCUT2D eigenvalue weighted by molar-refractivity contribution is 6.31. The number of nitrogens with zero attached hydrogens (tertiary/aromatic N) is 1.